The quantitative estimate of drug-likeness (QED) is 0.577. The number of primary amides is 1. The van der Waals surface area contributed by atoms with Crippen molar-refractivity contribution in [2.24, 2.45) is 5.73 Å². The Bertz CT molecular complexity index is 1150. The third-order valence-corrected chi connectivity index (χ3v) is 6.37. The summed E-state index contributed by atoms with van der Waals surface area (Å²) in [5.74, 6) is -3.18. The van der Waals surface area contributed by atoms with Crippen LogP contribution in [0.25, 0.3) is 0 Å². The number of hydrogen-bond donors (Lipinski definition) is 2. The van der Waals surface area contributed by atoms with Crippen molar-refractivity contribution >= 4 is 33.3 Å². The van der Waals surface area contributed by atoms with E-state index in [4.69, 9.17) is 5.73 Å². The van der Waals surface area contributed by atoms with E-state index in [-0.39, 0.29) is 35.9 Å². The molecule has 0 aliphatic carbocycles. The number of rotatable bonds is 8. The molecule has 2 aromatic rings. The summed E-state index contributed by atoms with van der Waals surface area (Å²) >= 11 is 0. The van der Waals surface area contributed by atoms with Crippen molar-refractivity contribution < 1.29 is 27.6 Å². The Morgan fingerprint density at radius 2 is 1.72 bits per heavy atom. The van der Waals surface area contributed by atoms with E-state index in [9.17, 15) is 27.6 Å². The van der Waals surface area contributed by atoms with Crippen molar-refractivity contribution in [3.63, 3.8) is 0 Å². The average molecular weight is 457 g/mol. The van der Waals surface area contributed by atoms with Crippen LogP contribution in [0.15, 0.2) is 54.6 Å². The largest absolute Gasteiger partial charge is 0.366 e. The smallest absolute Gasteiger partial charge is 0.254 e. The topological polar surface area (TPSA) is 144 Å². The molecule has 9 nitrogen and oxygen atoms in total. The van der Waals surface area contributed by atoms with E-state index >= 15 is 0 Å². The first-order valence-electron chi connectivity index (χ1n) is 9.75. The van der Waals surface area contributed by atoms with Gasteiger partial charge in [-0.05, 0) is 23.8 Å². The Labute approximate surface area is 185 Å². The van der Waals surface area contributed by atoms with Crippen molar-refractivity contribution in [3.05, 3.63) is 77.7 Å². The first-order valence-corrected chi connectivity index (χ1v) is 11.6. The normalized spacial score (nSPS) is 16.1. The number of likely N-dealkylation sites (tertiary alicyclic amines) is 1. The lowest BCUT2D eigenvalue weighted by molar-refractivity contribution is -0.124. The van der Waals surface area contributed by atoms with Crippen LogP contribution in [0.3, 0.4) is 0 Å². The van der Waals surface area contributed by atoms with Crippen molar-refractivity contribution in [3.8, 4) is 0 Å². The van der Waals surface area contributed by atoms with Crippen molar-refractivity contribution in [1.29, 1.82) is 0 Å². The fraction of sp³-hybridized carbons (Fsp3) is 0.227. The number of benzene rings is 2. The Morgan fingerprint density at radius 1 is 1.06 bits per heavy atom. The lowest BCUT2D eigenvalue weighted by atomic mass is 10.1. The number of ketones is 1. The molecule has 1 atom stereocenters. The summed E-state index contributed by atoms with van der Waals surface area (Å²) in [7, 11) is -3.77. The summed E-state index contributed by atoms with van der Waals surface area (Å²) in [6.45, 7) is -0.133. The zero-order valence-electron chi connectivity index (χ0n) is 17.1. The molecule has 1 heterocycles. The SMILES string of the molecule is NC(=O)c1ccccc1CS(=O)(=O)C[CH]C(=O)N[C@@H]1CN(C(=O)c2ccccc2)CC1=O. The third kappa shape index (κ3) is 5.79. The monoisotopic (exact) mass is 456 g/mol. The number of carbonyl (C=O) groups is 4. The number of sulfone groups is 1. The van der Waals surface area contributed by atoms with Crippen molar-refractivity contribution in [2.45, 2.75) is 11.8 Å². The van der Waals surface area contributed by atoms with E-state index in [1.165, 1.54) is 17.0 Å². The summed E-state index contributed by atoms with van der Waals surface area (Å²) < 4.78 is 24.8. The van der Waals surface area contributed by atoms with E-state index < -0.39 is 39.2 Å². The van der Waals surface area contributed by atoms with Crippen LogP contribution in [-0.4, -0.2) is 61.7 Å². The predicted molar refractivity (Wildman–Crippen MR) is 116 cm³/mol. The minimum absolute atomic E-state index is 0.00484. The van der Waals surface area contributed by atoms with Crippen molar-refractivity contribution in [2.75, 3.05) is 18.8 Å². The Balaban J connectivity index is 1.54. The molecule has 3 N–H and O–H groups in total. The van der Waals surface area contributed by atoms with E-state index in [2.05, 4.69) is 5.32 Å². The fourth-order valence-corrected chi connectivity index (χ4v) is 4.59. The Hall–Kier alpha value is -3.53. The summed E-state index contributed by atoms with van der Waals surface area (Å²) in [4.78, 5) is 49.7. The third-order valence-electron chi connectivity index (χ3n) is 4.94. The van der Waals surface area contributed by atoms with Crippen LogP contribution in [-0.2, 0) is 25.2 Å². The molecular weight excluding hydrogens is 434 g/mol. The highest BCUT2D eigenvalue weighted by atomic mass is 32.2. The second-order valence-electron chi connectivity index (χ2n) is 7.36. The first-order chi connectivity index (χ1) is 15.2. The van der Waals surface area contributed by atoms with Gasteiger partial charge in [0.2, 0.25) is 11.8 Å². The molecule has 0 aromatic heterocycles. The van der Waals surface area contributed by atoms with E-state index in [1.54, 1.807) is 42.5 Å². The molecule has 0 spiro atoms. The molecule has 0 unspecified atom stereocenters. The summed E-state index contributed by atoms with van der Waals surface area (Å²) in [5.41, 5.74) is 6.04. The highest BCUT2D eigenvalue weighted by Crippen LogP contribution is 2.14. The van der Waals surface area contributed by atoms with Crippen LogP contribution in [0.1, 0.15) is 26.3 Å². The fourth-order valence-electron chi connectivity index (χ4n) is 3.34. The Kier molecular flexibility index (Phi) is 7.04. The van der Waals surface area contributed by atoms with E-state index in [0.29, 0.717) is 5.56 Å². The van der Waals surface area contributed by atoms with Crippen LogP contribution >= 0.6 is 0 Å². The number of nitrogens with two attached hydrogens (primary N) is 1. The van der Waals surface area contributed by atoms with Gasteiger partial charge in [0.1, 0.15) is 6.04 Å². The van der Waals surface area contributed by atoms with Gasteiger partial charge >= 0.3 is 0 Å². The molecule has 2 aromatic carbocycles. The van der Waals surface area contributed by atoms with E-state index in [1.807, 2.05) is 0 Å². The lowest BCUT2D eigenvalue weighted by Crippen LogP contribution is -2.42. The summed E-state index contributed by atoms with van der Waals surface area (Å²) in [5, 5.41) is 2.45. The molecule has 1 aliphatic rings. The molecule has 1 fully saturated rings. The number of amides is 3. The minimum Gasteiger partial charge on any atom is -0.366 e. The minimum atomic E-state index is -3.77. The molecule has 1 radical (unpaired) electrons. The number of hydrogen-bond acceptors (Lipinski definition) is 6. The highest BCUT2D eigenvalue weighted by Gasteiger charge is 2.35. The number of carbonyl (C=O) groups excluding carboxylic acids is 4. The van der Waals surface area contributed by atoms with Crippen LogP contribution in [0.4, 0.5) is 0 Å². The first kappa shape index (κ1) is 23.1. The van der Waals surface area contributed by atoms with Gasteiger partial charge in [0.15, 0.2) is 15.6 Å². The molecule has 1 aliphatic heterocycles. The van der Waals surface area contributed by atoms with Gasteiger partial charge in [0.25, 0.3) is 5.91 Å². The molecule has 32 heavy (non-hydrogen) atoms. The number of Topliss-reactive ketones (excluding diaryl/α,β-unsaturated/α-hetero) is 1. The van der Waals surface area contributed by atoms with Crippen molar-refractivity contribution in [1.82, 2.24) is 10.2 Å². The second kappa shape index (κ2) is 9.73. The molecule has 3 amide bonds. The zero-order chi connectivity index (χ0) is 23.3. The highest BCUT2D eigenvalue weighted by molar-refractivity contribution is 7.90. The molecule has 10 heteroatoms. The summed E-state index contributed by atoms with van der Waals surface area (Å²) in [6, 6.07) is 13.6. The van der Waals surface area contributed by atoms with Gasteiger partial charge in [-0.2, -0.15) is 0 Å². The maximum absolute atomic E-state index is 12.5. The van der Waals surface area contributed by atoms with Gasteiger partial charge in [0.05, 0.1) is 24.5 Å². The molecule has 167 valence electrons. The van der Waals surface area contributed by atoms with Gasteiger partial charge in [-0.3, -0.25) is 19.2 Å². The predicted octanol–water partition coefficient (Wildman–Crippen LogP) is 0.114. The van der Waals surface area contributed by atoms with Crippen LogP contribution in [0.2, 0.25) is 0 Å². The van der Waals surface area contributed by atoms with Gasteiger partial charge in [0, 0.05) is 17.7 Å². The molecule has 0 saturated carbocycles. The van der Waals surface area contributed by atoms with E-state index in [0.717, 1.165) is 6.42 Å². The molecule has 0 bridgehead atoms. The van der Waals surface area contributed by atoms with Crippen LogP contribution in [0, 0.1) is 6.42 Å². The summed E-state index contributed by atoms with van der Waals surface area (Å²) in [6.07, 6.45) is 0.928. The average Bonchev–Trinajstić information content (AvgIpc) is 3.12. The zero-order valence-corrected chi connectivity index (χ0v) is 17.9. The van der Waals surface area contributed by atoms with Crippen LogP contribution in [0.5, 0.6) is 0 Å². The second-order valence-corrected chi connectivity index (χ2v) is 9.47. The van der Waals surface area contributed by atoms with Gasteiger partial charge in [-0.25, -0.2) is 8.42 Å². The van der Waals surface area contributed by atoms with Gasteiger partial charge < -0.3 is 16.0 Å². The molecular formula is C22H22N3O6S. The van der Waals surface area contributed by atoms with Gasteiger partial charge in [-0.1, -0.05) is 36.4 Å². The maximum atomic E-state index is 12.5. The lowest BCUT2D eigenvalue weighted by Gasteiger charge is -2.16. The standard InChI is InChI=1S/C22H22N3O6S/c23-21(28)17-9-5-4-8-16(17)14-32(30,31)11-10-20(27)24-18-12-25(13-19(18)26)22(29)15-6-2-1-3-7-15/h1-10,18H,11-14H2,(H2,23,28)(H,24,27)/t18-/m1/s1. The van der Waals surface area contributed by atoms with Gasteiger partial charge in [-0.15, -0.1) is 0 Å². The molecule has 3 rings (SSSR count). The van der Waals surface area contributed by atoms with Crippen LogP contribution < -0.4 is 11.1 Å². The Morgan fingerprint density at radius 3 is 2.41 bits per heavy atom. The molecule has 1 saturated heterocycles. The number of nitrogens with zero attached hydrogens (tertiary/aromatic N) is 1. The number of nitrogens with one attached hydrogen (secondary N) is 1. The maximum Gasteiger partial charge on any atom is 0.254 e.